The standard InChI is InChI=1S/C22H28N6O2/c1-5-19-25-26-20-12-11-18(27-28(19)20)24-17-8-6-7-14-13-15(9-10-16(14)17)23-21(29)30-22(2,3)4/h9-13,17H,5-8H2,1-4H3,(H,23,29)(H,24,27). The molecule has 0 saturated heterocycles. The number of carbonyl (C=O) groups is 1. The summed E-state index contributed by atoms with van der Waals surface area (Å²) in [5.41, 5.74) is 3.44. The maximum Gasteiger partial charge on any atom is 0.412 e. The molecular weight excluding hydrogens is 380 g/mol. The number of benzene rings is 1. The SMILES string of the molecule is CCc1nnc2ccc(NC3CCCc4cc(NC(=O)OC(C)(C)C)ccc43)nn12. The van der Waals surface area contributed by atoms with Crippen LogP contribution in [0.15, 0.2) is 30.3 Å². The van der Waals surface area contributed by atoms with E-state index in [0.29, 0.717) is 0 Å². The molecule has 1 aliphatic rings. The second-order valence-electron chi connectivity index (χ2n) is 8.59. The van der Waals surface area contributed by atoms with Gasteiger partial charge in [-0.15, -0.1) is 15.3 Å². The Morgan fingerprint density at radius 3 is 2.83 bits per heavy atom. The fourth-order valence-electron chi connectivity index (χ4n) is 3.77. The molecule has 4 rings (SSSR count). The number of anilines is 2. The number of nitrogens with one attached hydrogen (secondary N) is 2. The molecule has 30 heavy (non-hydrogen) atoms. The Hall–Kier alpha value is -3.16. The summed E-state index contributed by atoms with van der Waals surface area (Å²) in [6, 6.07) is 10.1. The highest BCUT2D eigenvalue weighted by Gasteiger charge is 2.22. The lowest BCUT2D eigenvalue weighted by atomic mass is 9.87. The number of amides is 1. The summed E-state index contributed by atoms with van der Waals surface area (Å²) < 4.78 is 7.14. The van der Waals surface area contributed by atoms with E-state index in [1.807, 2.05) is 52.0 Å². The number of fused-ring (bicyclic) bond motifs is 2. The van der Waals surface area contributed by atoms with E-state index in [-0.39, 0.29) is 6.04 Å². The number of ether oxygens (including phenoxy) is 1. The van der Waals surface area contributed by atoms with Gasteiger partial charge in [0, 0.05) is 12.1 Å². The third-order valence-electron chi connectivity index (χ3n) is 5.07. The van der Waals surface area contributed by atoms with Gasteiger partial charge >= 0.3 is 6.09 Å². The van der Waals surface area contributed by atoms with Gasteiger partial charge in [-0.3, -0.25) is 5.32 Å². The van der Waals surface area contributed by atoms with E-state index in [2.05, 4.69) is 32.0 Å². The Morgan fingerprint density at radius 2 is 2.07 bits per heavy atom. The number of nitrogens with zero attached hydrogens (tertiary/aromatic N) is 4. The number of aryl methyl sites for hydroxylation is 2. The second kappa shape index (κ2) is 7.93. The molecule has 0 radical (unpaired) electrons. The molecule has 1 amide bonds. The van der Waals surface area contributed by atoms with Gasteiger partial charge in [0.1, 0.15) is 11.4 Å². The molecule has 1 unspecified atom stereocenters. The van der Waals surface area contributed by atoms with Crippen molar-refractivity contribution in [2.75, 3.05) is 10.6 Å². The fourth-order valence-corrected chi connectivity index (χ4v) is 3.77. The molecule has 3 aromatic rings. The molecule has 1 atom stereocenters. The molecule has 8 heteroatoms. The first kappa shape index (κ1) is 20.1. The van der Waals surface area contributed by atoms with E-state index in [1.54, 1.807) is 4.52 Å². The molecule has 0 saturated carbocycles. The predicted octanol–water partition coefficient (Wildman–Crippen LogP) is 4.52. The number of carbonyl (C=O) groups excluding carboxylic acids is 1. The number of aromatic nitrogens is 4. The van der Waals surface area contributed by atoms with E-state index in [9.17, 15) is 4.79 Å². The molecule has 0 spiro atoms. The first-order valence-corrected chi connectivity index (χ1v) is 10.4. The van der Waals surface area contributed by atoms with Crippen LogP contribution in [-0.2, 0) is 17.6 Å². The van der Waals surface area contributed by atoms with Crippen molar-refractivity contribution < 1.29 is 9.53 Å². The summed E-state index contributed by atoms with van der Waals surface area (Å²) in [6.45, 7) is 7.59. The Kier molecular flexibility index (Phi) is 5.32. The average molecular weight is 409 g/mol. The van der Waals surface area contributed by atoms with E-state index in [4.69, 9.17) is 4.74 Å². The molecule has 2 N–H and O–H groups in total. The van der Waals surface area contributed by atoms with E-state index >= 15 is 0 Å². The zero-order valence-corrected chi connectivity index (χ0v) is 17.9. The average Bonchev–Trinajstić information content (AvgIpc) is 3.09. The molecule has 0 bridgehead atoms. The van der Waals surface area contributed by atoms with Crippen LogP contribution in [0.25, 0.3) is 5.65 Å². The Labute approximate surface area is 176 Å². The second-order valence-corrected chi connectivity index (χ2v) is 8.59. The smallest absolute Gasteiger partial charge is 0.412 e. The van der Waals surface area contributed by atoms with Crippen LogP contribution in [0.3, 0.4) is 0 Å². The van der Waals surface area contributed by atoms with Crippen LogP contribution in [0.1, 0.15) is 63.5 Å². The van der Waals surface area contributed by atoms with Gasteiger partial charge in [0.2, 0.25) is 0 Å². The van der Waals surface area contributed by atoms with Crippen molar-refractivity contribution in [3.05, 3.63) is 47.3 Å². The molecular formula is C22H28N6O2. The summed E-state index contributed by atoms with van der Waals surface area (Å²) in [4.78, 5) is 12.1. The van der Waals surface area contributed by atoms with E-state index < -0.39 is 11.7 Å². The van der Waals surface area contributed by atoms with E-state index in [0.717, 1.165) is 48.7 Å². The molecule has 0 aliphatic heterocycles. The van der Waals surface area contributed by atoms with Crippen molar-refractivity contribution >= 4 is 23.2 Å². The topological polar surface area (TPSA) is 93.4 Å². The first-order chi connectivity index (χ1) is 14.3. The van der Waals surface area contributed by atoms with Gasteiger partial charge in [-0.1, -0.05) is 13.0 Å². The molecule has 8 nitrogen and oxygen atoms in total. The molecule has 1 aliphatic carbocycles. The number of hydrogen-bond donors (Lipinski definition) is 2. The fraction of sp³-hybridized carbons (Fsp3) is 0.455. The van der Waals surface area contributed by atoms with Crippen LogP contribution in [0.2, 0.25) is 0 Å². The van der Waals surface area contributed by atoms with Crippen molar-refractivity contribution in [3.8, 4) is 0 Å². The zero-order valence-electron chi connectivity index (χ0n) is 17.9. The molecule has 2 aromatic heterocycles. The van der Waals surface area contributed by atoms with Crippen LogP contribution in [0.5, 0.6) is 0 Å². The van der Waals surface area contributed by atoms with E-state index in [1.165, 1.54) is 11.1 Å². The molecule has 0 fully saturated rings. The number of rotatable bonds is 4. The molecule has 2 heterocycles. The lowest BCUT2D eigenvalue weighted by molar-refractivity contribution is 0.0636. The minimum atomic E-state index is -0.524. The van der Waals surface area contributed by atoms with Crippen molar-refractivity contribution in [1.82, 2.24) is 19.8 Å². The van der Waals surface area contributed by atoms with Crippen molar-refractivity contribution in [2.24, 2.45) is 0 Å². The van der Waals surface area contributed by atoms with Gasteiger partial charge in [0.25, 0.3) is 0 Å². The highest BCUT2D eigenvalue weighted by Crippen LogP contribution is 2.33. The third-order valence-corrected chi connectivity index (χ3v) is 5.07. The normalized spacial score (nSPS) is 16.2. The Bertz CT molecular complexity index is 1070. The zero-order chi connectivity index (χ0) is 21.3. The van der Waals surface area contributed by atoms with Crippen LogP contribution in [0, 0.1) is 0 Å². The third kappa shape index (κ3) is 4.37. The van der Waals surface area contributed by atoms with Crippen molar-refractivity contribution in [3.63, 3.8) is 0 Å². The van der Waals surface area contributed by atoms with Gasteiger partial charge in [-0.2, -0.15) is 4.52 Å². The Balaban J connectivity index is 1.52. The van der Waals surface area contributed by atoms with Gasteiger partial charge in [-0.25, -0.2) is 4.79 Å². The minimum Gasteiger partial charge on any atom is -0.444 e. The summed E-state index contributed by atoms with van der Waals surface area (Å²) in [7, 11) is 0. The maximum absolute atomic E-state index is 12.1. The van der Waals surface area contributed by atoms with Crippen LogP contribution in [-0.4, -0.2) is 31.5 Å². The highest BCUT2D eigenvalue weighted by atomic mass is 16.6. The quantitative estimate of drug-likeness (QED) is 0.659. The monoisotopic (exact) mass is 408 g/mol. The largest absolute Gasteiger partial charge is 0.444 e. The Morgan fingerprint density at radius 1 is 1.23 bits per heavy atom. The minimum absolute atomic E-state index is 0.163. The molecule has 158 valence electrons. The van der Waals surface area contributed by atoms with Gasteiger partial charge < -0.3 is 10.1 Å². The van der Waals surface area contributed by atoms with Gasteiger partial charge in [-0.05, 0) is 75.4 Å². The number of hydrogen-bond acceptors (Lipinski definition) is 6. The molecule has 1 aromatic carbocycles. The predicted molar refractivity (Wildman–Crippen MR) is 116 cm³/mol. The van der Waals surface area contributed by atoms with Crippen LogP contribution in [0.4, 0.5) is 16.3 Å². The highest BCUT2D eigenvalue weighted by molar-refractivity contribution is 5.85. The lowest BCUT2D eigenvalue weighted by Crippen LogP contribution is -2.27. The first-order valence-electron chi connectivity index (χ1n) is 10.4. The lowest BCUT2D eigenvalue weighted by Gasteiger charge is -2.27. The summed E-state index contributed by atoms with van der Waals surface area (Å²) in [6.07, 6.45) is 3.41. The summed E-state index contributed by atoms with van der Waals surface area (Å²) in [5, 5.41) is 19.4. The maximum atomic E-state index is 12.1. The van der Waals surface area contributed by atoms with Crippen molar-refractivity contribution in [1.29, 1.82) is 0 Å². The van der Waals surface area contributed by atoms with Crippen molar-refractivity contribution in [2.45, 2.75) is 65.0 Å². The summed E-state index contributed by atoms with van der Waals surface area (Å²) >= 11 is 0. The van der Waals surface area contributed by atoms with Gasteiger partial charge in [0.05, 0.1) is 6.04 Å². The summed E-state index contributed by atoms with van der Waals surface area (Å²) in [5.74, 6) is 1.64. The van der Waals surface area contributed by atoms with Crippen LogP contribution < -0.4 is 10.6 Å². The van der Waals surface area contributed by atoms with Gasteiger partial charge in [0.15, 0.2) is 11.5 Å². The van der Waals surface area contributed by atoms with Crippen LogP contribution >= 0.6 is 0 Å².